The van der Waals surface area contributed by atoms with Crippen LogP contribution in [-0.2, 0) is 6.54 Å². The first-order chi connectivity index (χ1) is 12.8. The molecule has 5 nitrogen and oxygen atoms in total. The van der Waals surface area contributed by atoms with Gasteiger partial charge in [-0.05, 0) is 30.5 Å². The minimum Gasteiger partial charge on any atom is -0.354 e. The summed E-state index contributed by atoms with van der Waals surface area (Å²) >= 11 is 0. The van der Waals surface area contributed by atoms with Gasteiger partial charge in [0, 0.05) is 57.6 Å². The molecule has 3 heterocycles. The average molecular weight is 350 g/mol. The number of amides is 1. The van der Waals surface area contributed by atoms with Gasteiger partial charge in [-0.1, -0.05) is 30.3 Å². The molecule has 136 valence electrons. The molecule has 1 aromatic carbocycles. The Morgan fingerprint density at radius 1 is 0.923 bits per heavy atom. The van der Waals surface area contributed by atoms with Gasteiger partial charge in [0.05, 0.1) is 0 Å². The highest BCUT2D eigenvalue weighted by molar-refractivity contribution is 5.95. The summed E-state index contributed by atoms with van der Waals surface area (Å²) in [6.45, 7) is 6.68. The topological polar surface area (TPSA) is 39.7 Å². The van der Waals surface area contributed by atoms with Gasteiger partial charge in [-0.15, -0.1) is 0 Å². The molecular formula is C21H26N4O. The zero-order valence-corrected chi connectivity index (χ0v) is 15.2. The lowest BCUT2D eigenvalue weighted by atomic mass is 10.2. The maximum absolute atomic E-state index is 12.6. The van der Waals surface area contributed by atoms with Crippen LogP contribution in [0.25, 0.3) is 0 Å². The summed E-state index contributed by atoms with van der Waals surface area (Å²) in [6, 6.07) is 14.4. The van der Waals surface area contributed by atoms with Crippen LogP contribution in [0.4, 0.5) is 5.82 Å². The number of likely N-dealkylation sites (tertiary alicyclic amines) is 1. The first-order valence-corrected chi connectivity index (χ1v) is 9.56. The molecule has 0 aliphatic carbocycles. The Hall–Kier alpha value is -2.40. The summed E-state index contributed by atoms with van der Waals surface area (Å²) in [5, 5.41) is 0. The Balaban J connectivity index is 1.37. The van der Waals surface area contributed by atoms with E-state index in [9.17, 15) is 4.79 Å². The van der Waals surface area contributed by atoms with Crippen LogP contribution in [0.3, 0.4) is 0 Å². The van der Waals surface area contributed by atoms with E-state index in [-0.39, 0.29) is 5.91 Å². The molecule has 4 rings (SSSR count). The molecule has 2 aliphatic heterocycles. The van der Waals surface area contributed by atoms with Crippen molar-refractivity contribution in [2.24, 2.45) is 0 Å². The molecule has 0 N–H and O–H groups in total. The van der Waals surface area contributed by atoms with Gasteiger partial charge in [0.15, 0.2) is 0 Å². The van der Waals surface area contributed by atoms with Crippen LogP contribution in [0.1, 0.15) is 28.8 Å². The third-order valence-corrected chi connectivity index (χ3v) is 5.33. The number of rotatable bonds is 4. The fraction of sp³-hybridized carbons (Fsp3) is 0.429. The Morgan fingerprint density at radius 2 is 1.65 bits per heavy atom. The quantitative estimate of drug-likeness (QED) is 0.850. The molecule has 26 heavy (non-hydrogen) atoms. The van der Waals surface area contributed by atoms with E-state index >= 15 is 0 Å². The van der Waals surface area contributed by atoms with E-state index in [2.05, 4.69) is 45.1 Å². The maximum Gasteiger partial charge on any atom is 0.254 e. The molecule has 0 bridgehead atoms. The number of carbonyl (C=O) groups excluding carboxylic acids is 1. The van der Waals surface area contributed by atoms with E-state index in [1.807, 2.05) is 17.0 Å². The number of hydrogen-bond acceptors (Lipinski definition) is 4. The second-order valence-corrected chi connectivity index (χ2v) is 7.15. The molecule has 2 aromatic rings. The van der Waals surface area contributed by atoms with E-state index in [0.717, 1.165) is 70.0 Å². The van der Waals surface area contributed by atoms with Crippen molar-refractivity contribution < 1.29 is 4.79 Å². The van der Waals surface area contributed by atoms with Gasteiger partial charge in [0.2, 0.25) is 0 Å². The predicted molar refractivity (Wildman–Crippen MR) is 103 cm³/mol. The summed E-state index contributed by atoms with van der Waals surface area (Å²) in [4.78, 5) is 23.9. The van der Waals surface area contributed by atoms with Gasteiger partial charge in [-0.25, -0.2) is 4.98 Å². The van der Waals surface area contributed by atoms with Crippen molar-refractivity contribution in [1.29, 1.82) is 0 Å². The number of carbonyl (C=O) groups is 1. The van der Waals surface area contributed by atoms with Crippen molar-refractivity contribution in [2.75, 3.05) is 44.2 Å². The van der Waals surface area contributed by atoms with Gasteiger partial charge in [0.1, 0.15) is 5.82 Å². The Morgan fingerprint density at radius 3 is 2.38 bits per heavy atom. The molecule has 2 saturated heterocycles. The summed E-state index contributed by atoms with van der Waals surface area (Å²) in [5.41, 5.74) is 2.13. The smallest absolute Gasteiger partial charge is 0.254 e. The SMILES string of the molecule is O=C(c1ccnc(N2CCN(Cc3ccccc3)CC2)c1)N1CCCC1. The minimum absolute atomic E-state index is 0.147. The second kappa shape index (κ2) is 7.87. The number of nitrogens with zero attached hydrogens (tertiary/aromatic N) is 4. The maximum atomic E-state index is 12.6. The lowest BCUT2D eigenvalue weighted by Gasteiger charge is -2.35. The fourth-order valence-corrected chi connectivity index (χ4v) is 3.80. The third-order valence-electron chi connectivity index (χ3n) is 5.33. The van der Waals surface area contributed by atoms with Crippen LogP contribution in [0.15, 0.2) is 48.7 Å². The Labute approximate surface area is 155 Å². The lowest BCUT2D eigenvalue weighted by molar-refractivity contribution is 0.0792. The van der Waals surface area contributed by atoms with Crippen LogP contribution in [0.5, 0.6) is 0 Å². The number of hydrogen-bond donors (Lipinski definition) is 0. The molecule has 0 spiro atoms. The van der Waals surface area contributed by atoms with E-state index in [1.165, 1.54) is 5.56 Å². The van der Waals surface area contributed by atoms with Gasteiger partial charge in [-0.2, -0.15) is 0 Å². The Kier molecular flexibility index (Phi) is 5.16. The van der Waals surface area contributed by atoms with E-state index in [4.69, 9.17) is 0 Å². The van der Waals surface area contributed by atoms with Crippen molar-refractivity contribution in [3.8, 4) is 0 Å². The van der Waals surface area contributed by atoms with Gasteiger partial charge < -0.3 is 9.80 Å². The number of benzene rings is 1. The highest BCUT2D eigenvalue weighted by Gasteiger charge is 2.22. The number of aromatic nitrogens is 1. The van der Waals surface area contributed by atoms with Crippen LogP contribution < -0.4 is 4.90 Å². The van der Waals surface area contributed by atoms with Crippen molar-refractivity contribution in [2.45, 2.75) is 19.4 Å². The van der Waals surface area contributed by atoms with Gasteiger partial charge in [-0.3, -0.25) is 9.69 Å². The summed E-state index contributed by atoms with van der Waals surface area (Å²) in [6.07, 6.45) is 4.01. The molecule has 0 unspecified atom stereocenters. The molecule has 2 fully saturated rings. The standard InChI is InChI=1S/C21H26N4O/c26-21(25-10-4-5-11-25)19-8-9-22-20(16-19)24-14-12-23(13-15-24)17-18-6-2-1-3-7-18/h1-3,6-9,16H,4-5,10-15,17H2. The monoisotopic (exact) mass is 350 g/mol. The van der Waals surface area contributed by atoms with E-state index in [0.29, 0.717) is 0 Å². The number of pyridine rings is 1. The molecule has 1 aromatic heterocycles. The molecule has 0 saturated carbocycles. The number of anilines is 1. The molecule has 1 amide bonds. The van der Waals surface area contributed by atoms with Crippen molar-refractivity contribution in [1.82, 2.24) is 14.8 Å². The van der Waals surface area contributed by atoms with E-state index < -0.39 is 0 Å². The lowest BCUT2D eigenvalue weighted by Crippen LogP contribution is -2.46. The summed E-state index contributed by atoms with van der Waals surface area (Å²) < 4.78 is 0. The largest absolute Gasteiger partial charge is 0.354 e. The van der Waals surface area contributed by atoms with Crippen LogP contribution >= 0.6 is 0 Å². The first-order valence-electron chi connectivity index (χ1n) is 9.56. The zero-order valence-electron chi connectivity index (χ0n) is 15.2. The van der Waals surface area contributed by atoms with Crippen LogP contribution in [-0.4, -0.2) is 60.0 Å². The molecule has 0 atom stereocenters. The third kappa shape index (κ3) is 3.88. The van der Waals surface area contributed by atoms with Gasteiger partial charge >= 0.3 is 0 Å². The predicted octanol–water partition coefficient (Wildman–Crippen LogP) is 2.64. The van der Waals surface area contributed by atoms with Crippen LogP contribution in [0, 0.1) is 0 Å². The summed E-state index contributed by atoms with van der Waals surface area (Å²) in [7, 11) is 0. The minimum atomic E-state index is 0.147. The molecular weight excluding hydrogens is 324 g/mol. The van der Waals surface area contributed by atoms with Crippen molar-refractivity contribution >= 4 is 11.7 Å². The zero-order chi connectivity index (χ0) is 17.8. The fourth-order valence-electron chi connectivity index (χ4n) is 3.80. The first kappa shape index (κ1) is 17.0. The highest BCUT2D eigenvalue weighted by atomic mass is 16.2. The van der Waals surface area contributed by atoms with E-state index in [1.54, 1.807) is 6.20 Å². The van der Waals surface area contributed by atoms with Crippen molar-refractivity contribution in [3.63, 3.8) is 0 Å². The highest BCUT2D eigenvalue weighted by Crippen LogP contribution is 2.19. The Bertz CT molecular complexity index is 735. The van der Waals surface area contributed by atoms with Crippen molar-refractivity contribution in [3.05, 3.63) is 59.8 Å². The second-order valence-electron chi connectivity index (χ2n) is 7.15. The summed E-state index contributed by atoms with van der Waals surface area (Å²) in [5.74, 6) is 1.07. The molecule has 5 heteroatoms. The normalized spacial score (nSPS) is 18.3. The molecule has 2 aliphatic rings. The van der Waals surface area contributed by atoms with Crippen LogP contribution in [0.2, 0.25) is 0 Å². The van der Waals surface area contributed by atoms with Gasteiger partial charge in [0.25, 0.3) is 5.91 Å². The average Bonchev–Trinajstić information content (AvgIpc) is 3.24. The molecule has 0 radical (unpaired) electrons. The number of piperazine rings is 1.